The van der Waals surface area contributed by atoms with E-state index in [-0.39, 0.29) is 28.6 Å². The molecule has 2 unspecified atom stereocenters. The van der Waals surface area contributed by atoms with Crippen molar-refractivity contribution in [3.8, 4) is 0 Å². The predicted molar refractivity (Wildman–Crippen MR) is 115 cm³/mol. The molecule has 4 aliphatic rings. The highest BCUT2D eigenvalue weighted by molar-refractivity contribution is 5.92. The number of carbonyl (C=O) groups excluding carboxylic acids is 2. The summed E-state index contributed by atoms with van der Waals surface area (Å²) in [6.45, 7) is 14.9. The molecule has 0 saturated heterocycles. The second-order valence-electron chi connectivity index (χ2n) is 10.8. The SMILES string of the molecule is C=C(C)OCC(=O)[C@@]1(C)[C@H](C)CC2C3CCC4=CC(=O)CC[C@]4(C)C3=CC[C@@]21C. The van der Waals surface area contributed by atoms with E-state index in [2.05, 4.69) is 40.3 Å². The molecule has 158 valence electrons. The van der Waals surface area contributed by atoms with Gasteiger partial charge in [0.05, 0.1) is 5.76 Å². The number of fused-ring (bicyclic) bond motifs is 5. The first-order valence-electron chi connectivity index (χ1n) is 11.3. The van der Waals surface area contributed by atoms with Gasteiger partial charge < -0.3 is 4.74 Å². The smallest absolute Gasteiger partial charge is 0.176 e. The highest BCUT2D eigenvalue weighted by Crippen LogP contribution is 2.69. The number of ketones is 2. The first-order chi connectivity index (χ1) is 13.5. The third kappa shape index (κ3) is 2.75. The van der Waals surface area contributed by atoms with Gasteiger partial charge in [-0.1, -0.05) is 51.5 Å². The molecule has 29 heavy (non-hydrogen) atoms. The Labute approximate surface area is 175 Å². The van der Waals surface area contributed by atoms with Crippen molar-refractivity contribution in [2.45, 2.75) is 73.1 Å². The van der Waals surface area contributed by atoms with Crippen molar-refractivity contribution in [1.29, 1.82) is 0 Å². The van der Waals surface area contributed by atoms with Crippen LogP contribution in [-0.4, -0.2) is 18.2 Å². The normalized spacial score (nSPS) is 43.5. The molecule has 3 heteroatoms. The molecule has 4 rings (SSSR count). The molecule has 0 bridgehead atoms. The maximum Gasteiger partial charge on any atom is 0.176 e. The van der Waals surface area contributed by atoms with E-state index in [0.717, 1.165) is 32.1 Å². The zero-order chi connectivity index (χ0) is 21.2. The minimum atomic E-state index is -0.380. The van der Waals surface area contributed by atoms with Crippen molar-refractivity contribution in [2.24, 2.45) is 34.0 Å². The second kappa shape index (κ2) is 6.68. The lowest BCUT2D eigenvalue weighted by atomic mass is 9.48. The summed E-state index contributed by atoms with van der Waals surface area (Å²) >= 11 is 0. The van der Waals surface area contributed by atoms with Crippen molar-refractivity contribution in [3.63, 3.8) is 0 Å². The van der Waals surface area contributed by atoms with Gasteiger partial charge in [-0.2, -0.15) is 0 Å². The van der Waals surface area contributed by atoms with Gasteiger partial charge >= 0.3 is 0 Å². The number of hydrogen-bond donors (Lipinski definition) is 0. The lowest BCUT2D eigenvalue weighted by Crippen LogP contribution is -2.51. The topological polar surface area (TPSA) is 43.4 Å². The third-order valence-electron chi connectivity index (χ3n) is 9.54. The zero-order valence-electron chi connectivity index (χ0n) is 18.8. The largest absolute Gasteiger partial charge is 0.491 e. The average Bonchev–Trinajstić information content (AvgIpc) is 2.88. The minimum Gasteiger partial charge on any atom is -0.491 e. The van der Waals surface area contributed by atoms with Crippen molar-refractivity contribution >= 4 is 11.6 Å². The van der Waals surface area contributed by atoms with Crippen LogP contribution in [0.3, 0.4) is 0 Å². The monoisotopic (exact) mass is 396 g/mol. The Kier molecular flexibility index (Phi) is 4.75. The Balaban J connectivity index is 1.70. The van der Waals surface area contributed by atoms with Crippen molar-refractivity contribution in [3.05, 3.63) is 35.6 Å². The maximum absolute atomic E-state index is 13.4. The van der Waals surface area contributed by atoms with Crippen LogP contribution in [0.4, 0.5) is 0 Å². The lowest BCUT2D eigenvalue weighted by Gasteiger charge is -2.55. The summed E-state index contributed by atoms with van der Waals surface area (Å²) in [5.74, 6) is 2.51. The highest BCUT2D eigenvalue weighted by Gasteiger charge is 2.65. The summed E-state index contributed by atoms with van der Waals surface area (Å²) in [4.78, 5) is 25.4. The minimum absolute atomic E-state index is 0.0435. The van der Waals surface area contributed by atoms with Gasteiger partial charge in [-0.05, 0) is 68.3 Å². The molecule has 2 saturated carbocycles. The first-order valence-corrected chi connectivity index (χ1v) is 11.3. The van der Waals surface area contributed by atoms with E-state index in [4.69, 9.17) is 4.74 Å². The highest BCUT2D eigenvalue weighted by atomic mass is 16.5. The van der Waals surface area contributed by atoms with Crippen LogP contribution < -0.4 is 0 Å². The van der Waals surface area contributed by atoms with Crippen molar-refractivity contribution < 1.29 is 14.3 Å². The fourth-order valence-corrected chi connectivity index (χ4v) is 7.36. The molecule has 0 aromatic carbocycles. The molecule has 0 amide bonds. The van der Waals surface area contributed by atoms with Crippen LogP contribution in [0.1, 0.15) is 73.1 Å². The summed E-state index contributed by atoms with van der Waals surface area (Å²) in [6, 6.07) is 0. The number of Topliss-reactive ketones (excluding diaryl/α,β-unsaturated/α-hetero) is 1. The number of carbonyl (C=O) groups is 2. The molecule has 0 N–H and O–H groups in total. The summed E-state index contributed by atoms with van der Waals surface area (Å²) in [7, 11) is 0. The predicted octanol–water partition coefficient (Wildman–Crippen LogP) is 5.81. The molecule has 4 aliphatic carbocycles. The fraction of sp³-hybridized carbons (Fsp3) is 0.692. The summed E-state index contributed by atoms with van der Waals surface area (Å²) in [6.07, 6.45) is 10.2. The molecule has 0 aliphatic heterocycles. The van der Waals surface area contributed by atoms with Gasteiger partial charge in [0.25, 0.3) is 0 Å². The van der Waals surface area contributed by atoms with E-state index < -0.39 is 0 Å². The Morgan fingerprint density at radius 3 is 2.69 bits per heavy atom. The van der Waals surface area contributed by atoms with E-state index in [1.54, 1.807) is 12.5 Å². The van der Waals surface area contributed by atoms with Gasteiger partial charge in [0, 0.05) is 17.3 Å². The molecular formula is C26H36O3. The van der Waals surface area contributed by atoms with Crippen LogP contribution in [0.25, 0.3) is 0 Å². The molecule has 3 nitrogen and oxygen atoms in total. The van der Waals surface area contributed by atoms with Crippen LogP contribution in [0.15, 0.2) is 35.6 Å². The number of ether oxygens (including phenoxy) is 1. The van der Waals surface area contributed by atoms with Gasteiger partial charge in [-0.25, -0.2) is 0 Å². The Bertz CT molecular complexity index is 833. The molecule has 2 fully saturated rings. The van der Waals surface area contributed by atoms with Crippen molar-refractivity contribution in [1.82, 2.24) is 0 Å². The lowest BCUT2D eigenvalue weighted by molar-refractivity contribution is -0.141. The quantitative estimate of drug-likeness (QED) is 0.445. The van der Waals surface area contributed by atoms with Crippen LogP contribution in [0, 0.1) is 34.0 Å². The van der Waals surface area contributed by atoms with Crippen LogP contribution in [-0.2, 0) is 14.3 Å². The number of allylic oxidation sites excluding steroid dienone is 5. The van der Waals surface area contributed by atoms with E-state index >= 15 is 0 Å². The Morgan fingerprint density at radius 1 is 1.28 bits per heavy atom. The molecule has 0 heterocycles. The molecule has 0 aromatic heterocycles. The van der Waals surface area contributed by atoms with Gasteiger partial charge in [0.2, 0.25) is 0 Å². The molecule has 0 spiro atoms. The van der Waals surface area contributed by atoms with Crippen LogP contribution in [0.5, 0.6) is 0 Å². The Hall–Kier alpha value is -1.64. The zero-order valence-corrected chi connectivity index (χ0v) is 18.8. The molecule has 6 atom stereocenters. The fourth-order valence-electron chi connectivity index (χ4n) is 7.36. The average molecular weight is 397 g/mol. The third-order valence-corrected chi connectivity index (χ3v) is 9.54. The standard InChI is InChI=1S/C26H36O3/c1-16(2)29-15-23(28)26(6)17(3)13-22-20-8-7-18-14-19(27)9-11-24(18,4)21(20)10-12-25(22,26)5/h10,14,17,20,22H,1,7-9,11-13,15H2,2-6H3/t17-,20?,22?,24+,25+,26-/m1/s1. The van der Waals surface area contributed by atoms with E-state index in [1.807, 2.05) is 6.08 Å². The van der Waals surface area contributed by atoms with Gasteiger partial charge in [0.1, 0.15) is 6.61 Å². The molecule has 0 radical (unpaired) electrons. The van der Waals surface area contributed by atoms with Gasteiger partial charge in [-0.3, -0.25) is 9.59 Å². The van der Waals surface area contributed by atoms with Crippen molar-refractivity contribution in [2.75, 3.05) is 6.61 Å². The van der Waals surface area contributed by atoms with E-state index in [0.29, 0.717) is 35.7 Å². The Morgan fingerprint density at radius 2 is 2.00 bits per heavy atom. The number of rotatable bonds is 4. The second-order valence-corrected chi connectivity index (χ2v) is 10.8. The van der Waals surface area contributed by atoms with E-state index in [9.17, 15) is 9.59 Å². The summed E-state index contributed by atoms with van der Waals surface area (Å²) in [5, 5.41) is 0. The first kappa shape index (κ1) is 20.6. The van der Waals surface area contributed by atoms with Gasteiger partial charge in [-0.15, -0.1) is 0 Å². The van der Waals surface area contributed by atoms with Crippen LogP contribution in [0.2, 0.25) is 0 Å². The van der Waals surface area contributed by atoms with E-state index in [1.165, 1.54) is 5.57 Å². The molecule has 0 aromatic rings. The molecular weight excluding hydrogens is 360 g/mol. The number of hydrogen-bond acceptors (Lipinski definition) is 3. The summed E-state index contributed by atoms with van der Waals surface area (Å²) in [5.41, 5.74) is 2.53. The van der Waals surface area contributed by atoms with Gasteiger partial charge in [0.15, 0.2) is 11.6 Å². The maximum atomic E-state index is 13.4. The van der Waals surface area contributed by atoms with Crippen LogP contribution >= 0.6 is 0 Å². The summed E-state index contributed by atoms with van der Waals surface area (Å²) < 4.78 is 5.56.